The van der Waals surface area contributed by atoms with Gasteiger partial charge in [-0.3, -0.25) is 9.59 Å². The third-order valence-corrected chi connectivity index (χ3v) is 3.23. The number of carbonyl (C=O) groups excluding carboxylic acids is 2. The van der Waals surface area contributed by atoms with E-state index in [1.165, 1.54) is 0 Å². The van der Waals surface area contributed by atoms with E-state index in [0.717, 1.165) is 22.4 Å². The van der Waals surface area contributed by atoms with Crippen molar-refractivity contribution in [1.82, 2.24) is 5.32 Å². The normalized spacial score (nSPS) is 10.1. The molecule has 4 nitrogen and oxygen atoms in total. The molecule has 0 atom stereocenters. The number of carbonyl (C=O) groups is 2. The second-order valence-electron chi connectivity index (χ2n) is 5.36. The van der Waals surface area contributed by atoms with Crippen molar-refractivity contribution in [2.75, 3.05) is 11.9 Å². The molecule has 0 spiro atoms. The van der Waals surface area contributed by atoms with Crippen LogP contribution in [0.25, 0.3) is 0 Å². The van der Waals surface area contributed by atoms with Crippen molar-refractivity contribution in [2.24, 2.45) is 0 Å². The molecule has 2 aromatic rings. The van der Waals surface area contributed by atoms with Gasteiger partial charge in [0.15, 0.2) is 0 Å². The van der Waals surface area contributed by atoms with Crippen LogP contribution < -0.4 is 10.6 Å². The maximum absolute atomic E-state index is 11.8. The lowest BCUT2D eigenvalue weighted by molar-refractivity contribution is -0.123. The predicted molar refractivity (Wildman–Crippen MR) is 87.7 cm³/mol. The van der Waals surface area contributed by atoms with Crippen LogP contribution in [0.5, 0.6) is 0 Å². The molecular formula is C18H20N2O2. The molecule has 22 heavy (non-hydrogen) atoms. The maximum Gasteiger partial charge on any atom is 0.243 e. The molecule has 0 saturated heterocycles. The van der Waals surface area contributed by atoms with Crippen molar-refractivity contribution in [3.63, 3.8) is 0 Å². The SMILES string of the molecule is Cc1ccc(CC(=O)NCC(=O)Nc2cccc(C)c2)cc1. The lowest BCUT2D eigenvalue weighted by Gasteiger charge is -2.08. The highest BCUT2D eigenvalue weighted by Crippen LogP contribution is 2.09. The van der Waals surface area contributed by atoms with Gasteiger partial charge in [-0.1, -0.05) is 42.0 Å². The van der Waals surface area contributed by atoms with Crippen LogP contribution in [0.3, 0.4) is 0 Å². The van der Waals surface area contributed by atoms with Crippen molar-refractivity contribution in [3.05, 3.63) is 65.2 Å². The molecule has 0 unspecified atom stereocenters. The highest BCUT2D eigenvalue weighted by molar-refractivity contribution is 5.94. The van der Waals surface area contributed by atoms with Crippen molar-refractivity contribution < 1.29 is 9.59 Å². The summed E-state index contributed by atoms with van der Waals surface area (Å²) < 4.78 is 0. The van der Waals surface area contributed by atoms with Crippen LogP contribution in [0.2, 0.25) is 0 Å². The Bertz CT molecular complexity index is 663. The van der Waals surface area contributed by atoms with E-state index in [-0.39, 0.29) is 24.8 Å². The zero-order valence-corrected chi connectivity index (χ0v) is 12.8. The summed E-state index contributed by atoms with van der Waals surface area (Å²) >= 11 is 0. The van der Waals surface area contributed by atoms with Gasteiger partial charge in [0.25, 0.3) is 0 Å². The van der Waals surface area contributed by atoms with Crippen LogP contribution in [-0.2, 0) is 16.0 Å². The predicted octanol–water partition coefficient (Wildman–Crippen LogP) is 2.60. The molecule has 2 amide bonds. The zero-order valence-electron chi connectivity index (χ0n) is 12.8. The Hall–Kier alpha value is -2.62. The number of benzene rings is 2. The quantitative estimate of drug-likeness (QED) is 0.891. The first kappa shape index (κ1) is 15.8. The highest BCUT2D eigenvalue weighted by Gasteiger charge is 2.07. The Kier molecular flexibility index (Phi) is 5.31. The third-order valence-electron chi connectivity index (χ3n) is 3.23. The first-order chi connectivity index (χ1) is 10.5. The summed E-state index contributed by atoms with van der Waals surface area (Å²) in [4.78, 5) is 23.6. The van der Waals surface area contributed by atoms with Gasteiger partial charge in [0.05, 0.1) is 13.0 Å². The molecular weight excluding hydrogens is 276 g/mol. The fraction of sp³-hybridized carbons (Fsp3) is 0.222. The maximum atomic E-state index is 11.8. The number of amides is 2. The topological polar surface area (TPSA) is 58.2 Å². The van der Waals surface area contributed by atoms with E-state index in [4.69, 9.17) is 0 Å². The number of hydrogen-bond donors (Lipinski definition) is 2. The summed E-state index contributed by atoms with van der Waals surface area (Å²) in [5, 5.41) is 5.39. The summed E-state index contributed by atoms with van der Waals surface area (Å²) in [6.45, 7) is 3.93. The van der Waals surface area contributed by atoms with Crippen LogP contribution in [0.15, 0.2) is 48.5 Å². The Balaban J connectivity index is 1.78. The van der Waals surface area contributed by atoms with E-state index >= 15 is 0 Å². The second-order valence-corrected chi connectivity index (χ2v) is 5.36. The van der Waals surface area contributed by atoms with Crippen LogP contribution in [-0.4, -0.2) is 18.4 Å². The Morgan fingerprint density at radius 1 is 0.909 bits per heavy atom. The molecule has 2 aromatic carbocycles. The first-order valence-electron chi connectivity index (χ1n) is 7.22. The van der Waals surface area contributed by atoms with E-state index in [1.807, 2.05) is 62.4 Å². The number of aryl methyl sites for hydroxylation is 2. The second kappa shape index (κ2) is 7.41. The molecule has 4 heteroatoms. The van der Waals surface area contributed by atoms with Gasteiger partial charge in [-0.05, 0) is 37.1 Å². The van der Waals surface area contributed by atoms with Gasteiger partial charge in [-0.2, -0.15) is 0 Å². The molecule has 2 N–H and O–H groups in total. The van der Waals surface area contributed by atoms with E-state index in [9.17, 15) is 9.59 Å². The van der Waals surface area contributed by atoms with Crippen LogP contribution in [0.4, 0.5) is 5.69 Å². The van der Waals surface area contributed by atoms with Gasteiger partial charge in [0.1, 0.15) is 0 Å². The van der Waals surface area contributed by atoms with Gasteiger partial charge < -0.3 is 10.6 Å². The number of nitrogens with one attached hydrogen (secondary N) is 2. The average molecular weight is 296 g/mol. The number of anilines is 1. The fourth-order valence-electron chi connectivity index (χ4n) is 2.06. The molecule has 0 heterocycles. The molecule has 0 fully saturated rings. The Labute approximate surface area is 130 Å². The van der Waals surface area contributed by atoms with Crippen molar-refractivity contribution >= 4 is 17.5 Å². The number of hydrogen-bond acceptors (Lipinski definition) is 2. The lowest BCUT2D eigenvalue weighted by atomic mass is 10.1. The van der Waals surface area contributed by atoms with Crippen LogP contribution >= 0.6 is 0 Å². The van der Waals surface area contributed by atoms with Crippen molar-refractivity contribution in [3.8, 4) is 0 Å². The summed E-state index contributed by atoms with van der Waals surface area (Å²) in [7, 11) is 0. The molecule has 2 rings (SSSR count). The molecule has 0 bridgehead atoms. The summed E-state index contributed by atoms with van der Waals surface area (Å²) in [5.74, 6) is -0.397. The van der Waals surface area contributed by atoms with E-state index in [1.54, 1.807) is 0 Å². The molecule has 0 aliphatic rings. The summed E-state index contributed by atoms with van der Waals surface area (Å²) in [6, 6.07) is 15.3. The minimum absolute atomic E-state index is 0.0291. The zero-order chi connectivity index (χ0) is 15.9. The lowest BCUT2D eigenvalue weighted by Crippen LogP contribution is -2.33. The summed E-state index contributed by atoms with van der Waals surface area (Å²) in [5.41, 5.74) is 3.89. The van der Waals surface area contributed by atoms with Gasteiger partial charge in [0.2, 0.25) is 11.8 Å². The first-order valence-corrected chi connectivity index (χ1v) is 7.22. The van der Waals surface area contributed by atoms with Crippen molar-refractivity contribution in [1.29, 1.82) is 0 Å². The van der Waals surface area contributed by atoms with Crippen LogP contribution in [0.1, 0.15) is 16.7 Å². The molecule has 0 aromatic heterocycles. The van der Waals surface area contributed by atoms with E-state index in [2.05, 4.69) is 10.6 Å². The Morgan fingerprint density at radius 2 is 1.64 bits per heavy atom. The van der Waals surface area contributed by atoms with E-state index in [0.29, 0.717) is 0 Å². The Morgan fingerprint density at radius 3 is 2.32 bits per heavy atom. The third kappa shape index (κ3) is 5.05. The minimum atomic E-state index is -0.233. The standard InChI is InChI=1S/C18H20N2O2/c1-13-6-8-15(9-7-13)11-17(21)19-12-18(22)20-16-5-3-4-14(2)10-16/h3-10H,11-12H2,1-2H3,(H,19,21)(H,20,22). The monoisotopic (exact) mass is 296 g/mol. The van der Waals surface area contributed by atoms with Gasteiger partial charge in [-0.15, -0.1) is 0 Å². The molecule has 114 valence electrons. The highest BCUT2D eigenvalue weighted by atomic mass is 16.2. The number of rotatable bonds is 5. The molecule has 0 aliphatic heterocycles. The molecule has 0 aliphatic carbocycles. The fourth-order valence-corrected chi connectivity index (χ4v) is 2.06. The van der Waals surface area contributed by atoms with E-state index < -0.39 is 0 Å². The summed E-state index contributed by atoms with van der Waals surface area (Å²) in [6.07, 6.45) is 0.276. The average Bonchev–Trinajstić information content (AvgIpc) is 2.48. The van der Waals surface area contributed by atoms with Crippen LogP contribution in [0, 0.1) is 13.8 Å². The molecule has 0 radical (unpaired) electrons. The van der Waals surface area contributed by atoms with Crippen molar-refractivity contribution in [2.45, 2.75) is 20.3 Å². The van der Waals surface area contributed by atoms with Gasteiger partial charge in [-0.25, -0.2) is 0 Å². The minimum Gasteiger partial charge on any atom is -0.347 e. The smallest absolute Gasteiger partial charge is 0.243 e. The van der Waals surface area contributed by atoms with Gasteiger partial charge >= 0.3 is 0 Å². The van der Waals surface area contributed by atoms with Gasteiger partial charge in [0, 0.05) is 5.69 Å². The molecule has 0 saturated carbocycles. The largest absolute Gasteiger partial charge is 0.347 e.